The topological polar surface area (TPSA) is 45.0 Å². The predicted molar refractivity (Wildman–Crippen MR) is 54.8 cm³/mol. The van der Waals surface area contributed by atoms with E-state index in [1.54, 1.807) is 0 Å². The van der Waals surface area contributed by atoms with Crippen LogP contribution in [0.3, 0.4) is 0 Å². The highest BCUT2D eigenvalue weighted by Crippen LogP contribution is 2.22. The van der Waals surface area contributed by atoms with Gasteiger partial charge in [0.1, 0.15) is 5.54 Å². The van der Waals surface area contributed by atoms with Gasteiger partial charge in [0, 0.05) is 5.75 Å². The molecule has 74 valence electrons. The molecule has 1 unspecified atom stereocenters. The summed E-state index contributed by atoms with van der Waals surface area (Å²) in [5.41, 5.74) is -0.380. The summed E-state index contributed by atoms with van der Waals surface area (Å²) in [4.78, 5) is 0. The molecule has 0 spiro atoms. The first-order chi connectivity index (χ1) is 6.20. The SMILES string of the molecule is CCNC(C)(C#N)CSC1COC1. The Labute approximate surface area is 83.8 Å². The van der Waals surface area contributed by atoms with Crippen molar-refractivity contribution in [1.29, 1.82) is 5.26 Å². The molecule has 0 aliphatic carbocycles. The summed E-state index contributed by atoms with van der Waals surface area (Å²) < 4.78 is 5.07. The third-order valence-corrected chi connectivity index (χ3v) is 3.52. The number of ether oxygens (including phenoxy) is 1. The van der Waals surface area contributed by atoms with E-state index < -0.39 is 0 Å². The Hall–Kier alpha value is -0.240. The fourth-order valence-corrected chi connectivity index (χ4v) is 2.23. The van der Waals surface area contributed by atoms with E-state index in [4.69, 9.17) is 10.00 Å². The molecule has 0 bridgehead atoms. The second-order valence-electron chi connectivity index (χ2n) is 3.44. The summed E-state index contributed by atoms with van der Waals surface area (Å²) in [6.45, 7) is 6.50. The largest absolute Gasteiger partial charge is 0.379 e. The second kappa shape index (κ2) is 4.85. The van der Waals surface area contributed by atoms with Gasteiger partial charge in [0.25, 0.3) is 0 Å². The van der Waals surface area contributed by atoms with Crippen LogP contribution in [0.4, 0.5) is 0 Å². The Morgan fingerprint density at radius 3 is 2.77 bits per heavy atom. The van der Waals surface area contributed by atoms with Crippen molar-refractivity contribution in [2.75, 3.05) is 25.5 Å². The molecule has 0 saturated carbocycles. The minimum atomic E-state index is -0.380. The highest BCUT2D eigenvalue weighted by Gasteiger charge is 2.27. The maximum Gasteiger partial charge on any atom is 0.113 e. The van der Waals surface area contributed by atoms with Gasteiger partial charge in [-0.25, -0.2) is 0 Å². The lowest BCUT2D eigenvalue weighted by molar-refractivity contribution is 0.0454. The first-order valence-corrected chi connectivity index (χ1v) is 5.60. The molecule has 1 saturated heterocycles. The molecule has 0 aromatic carbocycles. The van der Waals surface area contributed by atoms with Gasteiger partial charge in [0.15, 0.2) is 0 Å². The third kappa shape index (κ3) is 3.18. The number of rotatable bonds is 5. The van der Waals surface area contributed by atoms with E-state index in [0.717, 1.165) is 25.5 Å². The van der Waals surface area contributed by atoms with Gasteiger partial charge in [0.05, 0.1) is 24.5 Å². The monoisotopic (exact) mass is 200 g/mol. The first kappa shape index (κ1) is 10.8. The fraction of sp³-hybridized carbons (Fsp3) is 0.889. The summed E-state index contributed by atoms with van der Waals surface area (Å²) >= 11 is 1.82. The molecule has 0 amide bonds. The average molecular weight is 200 g/mol. The molecule has 13 heavy (non-hydrogen) atoms. The van der Waals surface area contributed by atoms with Crippen LogP contribution >= 0.6 is 11.8 Å². The van der Waals surface area contributed by atoms with E-state index in [1.165, 1.54) is 0 Å². The highest BCUT2D eigenvalue weighted by molar-refractivity contribution is 8.00. The van der Waals surface area contributed by atoms with Crippen LogP contribution in [0.15, 0.2) is 0 Å². The van der Waals surface area contributed by atoms with Crippen molar-refractivity contribution in [3.63, 3.8) is 0 Å². The maximum absolute atomic E-state index is 8.96. The Bertz CT molecular complexity index is 200. The number of nitriles is 1. The molecule has 1 aliphatic rings. The maximum atomic E-state index is 8.96. The van der Waals surface area contributed by atoms with Gasteiger partial charge < -0.3 is 4.74 Å². The zero-order valence-electron chi connectivity index (χ0n) is 8.17. The van der Waals surface area contributed by atoms with Crippen LogP contribution in [0.1, 0.15) is 13.8 Å². The van der Waals surface area contributed by atoms with Crippen LogP contribution in [0.2, 0.25) is 0 Å². The molecule has 1 heterocycles. The van der Waals surface area contributed by atoms with Crippen LogP contribution in [-0.2, 0) is 4.74 Å². The summed E-state index contributed by atoms with van der Waals surface area (Å²) in [5, 5.41) is 12.8. The van der Waals surface area contributed by atoms with Crippen molar-refractivity contribution < 1.29 is 4.74 Å². The summed E-state index contributed by atoms with van der Waals surface area (Å²) in [5.74, 6) is 0.839. The number of nitrogens with one attached hydrogen (secondary N) is 1. The molecule has 1 N–H and O–H groups in total. The zero-order chi connectivity index (χ0) is 9.73. The number of nitrogens with zero attached hydrogens (tertiary/aromatic N) is 1. The normalized spacial score (nSPS) is 21.6. The Morgan fingerprint density at radius 1 is 1.69 bits per heavy atom. The molecule has 3 nitrogen and oxygen atoms in total. The van der Waals surface area contributed by atoms with E-state index in [-0.39, 0.29) is 5.54 Å². The van der Waals surface area contributed by atoms with Crippen molar-refractivity contribution >= 4 is 11.8 Å². The van der Waals surface area contributed by atoms with Gasteiger partial charge >= 0.3 is 0 Å². The zero-order valence-corrected chi connectivity index (χ0v) is 8.99. The third-order valence-electron chi connectivity index (χ3n) is 2.03. The molecule has 1 fully saturated rings. The minimum absolute atomic E-state index is 0.380. The minimum Gasteiger partial charge on any atom is -0.379 e. The van der Waals surface area contributed by atoms with E-state index >= 15 is 0 Å². The van der Waals surface area contributed by atoms with Crippen LogP contribution in [-0.4, -0.2) is 36.3 Å². The lowest BCUT2D eigenvalue weighted by atomic mass is 10.1. The Balaban J connectivity index is 2.25. The van der Waals surface area contributed by atoms with Crippen molar-refractivity contribution in [3.05, 3.63) is 0 Å². The molecule has 0 radical (unpaired) electrons. The van der Waals surface area contributed by atoms with Crippen molar-refractivity contribution in [3.8, 4) is 6.07 Å². The van der Waals surface area contributed by atoms with E-state index in [1.807, 2.05) is 25.6 Å². The molecule has 0 aromatic heterocycles. The molecule has 0 aromatic rings. The standard InChI is InChI=1S/C9H16N2OS/c1-3-11-9(2,6-10)7-13-8-4-12-5-8/h8,11H,3-5,7H2,1-2H3. The summed E-state index contributed by atoms with van der Waals surface area (Å²) in [6, 6.07) is 2.31. The summed E-state index contributed by atoms with van der Waals surface area (Å²) in [6.07, 6.45) is 0. The second-order valence-corrected chi connectivity index (χ2v) is 4.73. The molecular weight excluding hydrogens is 184 g/mol. The molecule has 4 heteroatoms. The fourth-order valence-electron chi connectivity index (χ4n) is 1.11. The Kier molecular flexibility index (Phi) is 4.04. The lowest BCUT2D eigenvalue weighted by Gasteiger charge is -2.29. The van der Waals surface area contributed by atoms with E-state index in [0.29, 0.717) is 5.25 Å². The van der Waals surface area contributed by atoms with Crippen LogP contribution in [0, 0.1) is 11.3 Å². The summed E-state index contributed by atoms with van der Waals surface area (Å²) in [7, 11) is 0. The lowest BCUT2D eigenvalue weighted by Crippen LogP contribution is -2.44. The molecule has 1 rings (SSSR count). The molecular formula is C9H16N2OS. The van der Waals surface area contributed by atoms with Gasteiger partial charge in [-0.15, -0.1) is 0 Å². The van der Waals surface area contributed by atoms with Crippen molar-refractivity contribution in [1.82, 2.24) is 5.32 Å². The first-order valence-electron chi connectivity index (χ1n) is 4.56. The van der Waals surface area contributed by atoms with Gasteiger partial charge in [0.2, 0.25) is 0 Å². The molecule has 1 atom stereocenters. The predicted octanol–water partition coefficient (Wildman–Crippen LogP) is 1.01. The van der Waals surface area contributed by atoms with Crippen LogP contribution in [0.25, 0.3) is 0 Å². The van der Waals surface area contributed by atoms with Crippen molar-refractivity contribution in [2.45, 2.75) is 24.6 Å². The van der Waals surface area contributed by atoms with Crippen molar-refractivity contribution in [2.24, 2.45) is 0 Å². The number of thioether (sulfide) groups is 1. The Morgan fingerprint density at radius 2 is 2.38 bits per heavy atom. The van der Waals surface area contributed by atoms with Gasteiger partial charge in [-0.3, -0.25) is 5.32 Å². The van der Waals surface area contributed by atoms with Gasteiger partial charge in [-0.2, -0.15) is 17.0 Å². The van der Waals surface area contributed by atoms with Gasteiger partial charge in [-0.05, 0) is 13.5 Å². The smallest absolute Gasteiger partial charge is 0.113 e. The highest BCUT2D eigenvalue weighted by atomic mass is 32.2. The van der Waals surface area contributed by atoms with Gasteiger partial charge in [-0.1, -0.05) is 6.92 Å². The van der Waals surface area contributed by atoms with Crippen LogP contribution in [0.5, 0.6) is 0 Å². The van der Waals surface area contributed by atoms with E-state index in [2.05, 4.69) is 11.4 Å². The number of hydrogen-bond donors (Lipinski definition) is 1. The van der Waals surface area contributed by atoms with Crippen LogP contribution < -0.4 is 5.32 Å². The number of hydrogen-bond acceptors (Lipinski definition) is 4. The molecule has 1 aliphatic heterocycles. The van der Waals surface area contributed by atoms with E-state index in [9.17, 15) is 0 Å². The quantitative estimate of drug-likeness (QED) is 0.719. The average Bonchev–Trinajstić information content (AvgIpc) is 2.02.